The Hall–Kier alpha value is -1.67. The van der Waals surface area contributed by atoms with Gasteiger partial charge in [-0.1, -0.05) is 6.07 Å². The summed E-state index contributed by atoms with van der Waals surface area (Å²) in [6, 6.07) is 2.86. The second-order valence-electron chi connectivity index (χ2n) is 5.97. The lowest BCUT2D eigenvalue weighted by Gasteiger charge is -2.34. The molecule has 1 N–H and O–H groups in total. The van der Waals surface area contributed by atoms with Gasteiger partial charge < -0.3 is 5.11 Å². The average Bonchev–Trinajstić information content (AvgIpc) is 2.46. The molecule has 5 nitrogen and oxygen atoms in total. The normalized spacial score (nSPS) is 21.2. The van der Waals surface area contributed by atoms with Crippen molar-refractivity contribution in [1.29, 1.82) is 0 Å². The minimum Gasteiger partial charge on any atom is -0.393 e. The Labute approximate surface area is 131 Å². The minimum atomic E-state index is -4.64. The molecule has 2 atom stereocenters. The zero-order chi connectivity index (χ0) is 17.2. The highest BCUT2D eigenvalue weighted by molar-refractivity contribution is 5.41. The Kier molecular flexibility index (Phi) is 5.26. The lowest BCUT2D eigenvalue weighted by Crippen LogP contribution is -2.39. The SMILES string of the molecule is CC(O)C1CCCN(Cc2ccc([N+](=O)[O-])cc2C(F)(F)F)C1. The standard InChI is InChI=1S/C15H19F3N2O3/c1-10(21)11-3-2-6-19(8-11)9-12-4-5-13(20(22)23)7-14(12)15(16,17)18/h4-5,7,10-11,21H,2-3,6,8-9H2,1H3. The van der Waals surface area contributed by atoms with E-state index in [0.29, 0.717) is 19.2 Å². The summed E-state index contributed by atoms with van der Waals surface area (Å²) in [6.45, 7) is 2.92. The third-order valence-electron chi connectivity index (χ3n) is 4.23. The number of likely N-dealkylation sites (tertiary alicyclic amines) is 1. The smallest absolute Gasteiger partial charge is 0.393 e. The van der Waals surface area contributed by atoms with E-state index in [-0.39, 0.29) is 18.0 Å². The van der Waals surface area contributed by atoms with Crippen LogP contribution in [-0.2, 0) is 12.7 Å². The van der Waals surface area contributed by atoms with E-state index < -0.39 is 28.5 Å². The number of piperidine rings is 1. The highest BCUT2D eigenvalue weighted by Crippen LogP contribution is 2.35. The van der Waals surface area contributed by atoms with E-state index >= 15 is 0 Å². The van der Waals surface area contributed by atoms with Crippen molar-refractivity contribution in [2.75, 3.05) is 13.1 Å². The van der Waals surface area contributed by atoms with E-state index in [2.05, 4.69) is 0 Å². The molecule has 0 bridgehead atoms. The highest BCUT2D eigenvalue weighted by atomic mass is 19.4. The van der Waals surface area contributed by atoms with Crippen molar-refractivity contribution in [3.63, 3.8) is 0 Å². The van der Waals surface area contributed by atoms with Gasteiger partial charge in [0, 0.05) is 25.2 Å². The number of aliphatic hydroxyl groups is 1. The van der Waals surface area contributed by atoms with E-state index in [9.17, 15) is 28.4 Å². The number of nitro benzene ring substituents is 1. The molecule has 8 heteroatoms. The predicted molar refractivity (Wildman–Crippen MR) is 77.8 cm³/mol. The van der Waals surface area contributed by atoms with Crippen LogP contribution in [0.15, 0.2) is 18.2 Å². The van der Waals surface area contributed by atoms with E-state index in [1.54, 1.807) is 6.92 Å². The molecular weight excluding hydrogens is 313 g/mol. The first kappa shape index (κ1) is 17.7. The van der Waals surface area contributed by atoms with Gasteiger partial charge in [0.05, 0.1) is 16.6 Å². The number of alkyl halides is 3. The van der Waals surface area contributed by atoms with Crippen molar-refractivity contribution in [3.05, 3.63) is 39.4 Å². The summed E-state index contributed by atoms with van der Waals surface area (Å²) in [5, 5.41) is 20.4. The lowest BCUT2D eigenvalue weighted by molar-refractivity contribution is -0.385. The van der Waals surface area contributed by atoms with Crippen LogP contribution in [0, 0.1) is 16.0 Å². The number of nitrogens with zero attached hydrogens (tertiary/aromatic N) is 2. The predicted octanol–water partition coefficient (Wildman–Crippen LogP) is 3.21. The Balaban J connectivity index is 2.23. The molecule has 23 heavy (non-hydrogen) atoms. The number of aliphatic hydroxyl groups excluding tert-OH is 1. The van der Waals surface area contributed by atoms with Crippen LogP contribution >= 0.6 is 0 Å². The van der Waals surface area contributed by atoms with Gasteiger partial charge in [-0.3, -0.25) is 15.0 Å². The van der Waals surface area contributed by atoms with Crippen molar-refractivity contribution >= 4 is 5.69 Å². The van der Waals surface area contributed by atoms with E-state index in [1.807, 2.05) is 4.90 Å². The fourth-order valence-electron chi connectivity index (χ4n) is 2.95. The van der Waals surface area contributed by atoms with Crippen LogP contribution in [0.25, 0.3) is 0 Å². The first-order valence-corrected chi connectivity index (χ1v) is 7.43. The maximum absolute atomic E-state index is 13.2. The van der Waals surface area contributed by atoms with Crippen molar-refractivity contribution in [1.82, 2.24) is 4.90 Å². The molecule has 128 valence electrons. The van der Waals surface area contributed by atoms with Crippen molar-refractivity contribution in [2.24, 2.45) is 5.92 Å². The first-order chi connectivity index (χ1) is 10.7. The highest BCUT2D eigenvalue weighted by Gasteiger charge is 2.35. The molecule has 0 saturated carbocycles. The first-order valence-electron chi connectivity index (χ1n) is 7.43. The summed E-state index contributed by atoms with van der Waals surface area (Å²) in [4.78, 5) is 11.7. The van der Waals surface area contributed by atoms with Gasteiger partial charge >= 0.3 is 6.18 Å². The second kappa shape index (κ2) is 6.84. The molecular formula is C15H19F3N2O3. The molecule has 1 fully saturated rings. The van der Waals surface area contributed by atoms with Crippen LogP contribution in [0.1, 0.15) is 30.9 Å². The maximum Gasteiger partial charge on any atom is 0.416 e. The van der Waals surface area contributed by atoms with Crippen LogP contribution in [0.2, 0.25) is 0 Å². The molecule has 2 rings (SSSR count). The Morgan fingerprint density at radius 1 is 1.48 bits per heavy atom. The molecule has 1 aromatic rings. The van der Waals surface area contributed by atoms with Crippen LogP contribution in [0.4, 0.5) is 18.9 Å². The van der Waals surface area contributed by atoms with Gasteiger partial charge in [0.15, 0.2) is 0 Å². The lowest BCUT2D eigenvalue weighted by atomic mass is 9.93. The van der Waals surface area contributed by atoms with Crippen LogP contribution < -0.4 is 0 Å². The number of benzene rings is 1. The summed E-state index contributed by atoms with van der Waals surface area (Å²) < 4.78 is 39.5. The molecule has 1 saturated heterocycles. The van der Waals surface area contributed by atoms with E-state index in [4.69, 9.17) is 0 Å². The third kappa shape index (κ3) is 4.42. The quantitative estimate of drug-likeness (QED) is 0.679. The van der Waals surface area contributed by atoms with Crippen LogP contribution in [-0.4, -0.2) is 34.1 Å². The van der Waals surface area contributed by atoms with Gasteiger partial charge in [0.1, 0.15) is 0 Å². The number of rotatable bonds is 4. The average molecular weight is 332 g/mol. The zero-order valence-electron chi connectivity index (χ0n) is 12.7. The number of hydrogen-bond acceptors (Lipinski definition) is 4. The molecule has 0 aliphatic carbocycles. The fourth-order valence-corrected chi connectivity index (χ4v) is 2.95. The summed E-state index contributed by atoms with van der Waals surface area (Å²) in [7, 11) is 0. The third-order valence-corrected chi connectivity index (χ3v) is 4.23. The largest absolute Gasteiger partial charge is 0.416 e. The van der Waals surface area contributed by atoms with Gasteiger partial charge in [0.2, 0.25) is 0 Å². The van der Waals surface area contributed by atoms with Crippen LogP contribution in [0.3, 0.4) is 0 Å². The molecule has 0 radical (unpaired) electrons. The zero-order valence-corrected chi connectivity index (χ0v) is 12.7. The number of nitro groups is 1. The molecule has 0 amide bonds. The van der Waals surface area contributed by atoms with Crippen LogP contribution in [0.5, 0.6) is 0 Å². The number of non-ortho nitro benzene ring substituents is 1. The van der Waals surface area contributed by atoms with Gasteiger partial charge in [-0.15, -0.1) is 0 Å². The summed E-state index contributed by atoms with van der Waals surface area (Å²) >= 11 is 0. The maximum atomic E-state index is 13.2. The summed E-state index contributed by atoms with van der Waals surface area (Å²) in [6.07, 6.45) is -3.48. The molecule has 1 aromatic carbocycles. The molecule has 1 aliphatic heterocycles. The Morgan fingerprint density at radius 2 is 2.17 bits per heavy atom. The summed E-state index contributed by atoms with van der Waals surface area (Å²) in [5.41, 5.74) is -1.51. The molecule has 1 aliphatic rings. The molecule has 1 heterocycles. The van der Waals surface area contributed by atoms with Gasteiger partial charge in [-0.05, 0) is 37.8 Å². The van der Waals surface area contributed by atoms with Crippen molar-refractivity contribution < 1.29 is 23.2 Å². The van der Waals surface area contributed by atoms with E-state index in [1.165, 1.54) is 6.07 Å². The van der Waals surface area contributed by atoms with E-state index in [0.717, 1.165) is 18.9 Å². The minimum absolute atomic E-state index is 0.0225. The number of halogens is 3. The van der Waals surface area contributed by atoms with Crippen molar-refractivity contribution in [3.8, 4) is 0 Å². The molecule has 0 spiro atoms. The second-order valence-corrected chi connectivity index (χ2v) is 5.97. The Morgan fingerprint density at radius 3 is 2.74 bits per heavy atom. The molecule has 0 aromatic heterocycles. The Bertz CT molecular complexity index is 576. The van der Waals surface area contributed by atoms with Gasteiger partial charge in [-0.25, -0.2) is 0 Å². The number of hydrogen-bond donors (Lipinski definition) is 1. The topological polar surface area (TPSA) is 66.6 Å². The monoisotopic (exact) mass is 332 g/mol. The molecule has 2 unspecified atom stereocenters. The fraction of sp³-hybridized carbons (Fsp3) is 0.600. The van der Waals surface area contributed by atoms with Gasteiger partial charge in [-0.2, -0.15) is 13.2 Å². The van der Waals surface area contributed by atoms with Gasteiger partial charge in [0.25, 0.3) is 5.69 Å². The summed E-state index contributed by atoms with van der Waals surface area (Å²) in [5.74, 6) is 0.0381. The van der Waals surface area contributed by atoms with Crippen molar-refractivity contribution in [2.45, 2.75) is 38.6 Å².